The molecule has 0 amide bonds. The van der Waals surface area contributed by atoms with Gasteiger partial charge in [0.1, 0.15) is 6.61 Å². The Morgan fingerprint density at radius 2 is 2.30 bits per heavy atom. The minimum atomic E-state index is 0.469. The van der Waals surface area contributed by atoms with Gasteiger partial charge in [-0.15, -0.1) is 0 Å². The van der Waals surface area contributed by atoms with Gasteiger partial charge < -0.3 is 9.47 Å². The van der Waals surface area contributed by atoms with Crippen LogP contribution in [-0.4, -0.2) is 20.3 Å². The summed E-state index contributed by atoms with van der Waals surface area (Å²) in [5.41, 5.74) is 0. The lowest BCUT2D eigenvalue weighted by atomic mass is 10.6. The number of allylic oxidation sites excluding steroid dienone is 1. The second-order valence-corrected chi connectivity index (χ2v) is 1.51. The van der Waals surface area contributed by atoms with E-state index in [4.69, 9.17) is 9.47 Å². The van der Waals surface area contributed by atoms with Gasteiger partial charge in [-0.3, -0.25) is 0 Å². The van der Waals surface area contributed by atoms with Gasteiger partial charge in [-0.05, 0) is 6.92 Å². The third-order valence-corrected chi connectivity index (χ3v) is 0.733. The number of rotatable bonds is 3. The van der Waals surface area contributed by atoms with Crippen LogP contribution in [0.15, 0.2) is 12.3 Å². The van der Waals surface area contributed by atoms with Crippen LogP contribution in [0.25, 0.3) is 0 Å². The van der Waals surface area contributed by atoms with Gasteiger partial charge in [0.15, 0.2) is 0 Å². The van der Waals surface area contributed by atoms with Crippen molar-refractivity contribution in [2.75, 3.05) is 20.3 Å². The first-order chi connectivity index (χ1) is 4.91. The minimum absolute atomic E-state index is 0.469. The van der Waals surface area contributed by atoms with Gasteiger partial charge in [-0.1, -0.05) is 11.8 Å². The summed E-state index contributed by atoms with van der Waals surface area (Å²) >= 11 is 0. The minimum Gasteiger partial charge on any atom is -0.501 e. The van der Waals surface area contributed by atoms with Crippen LogP contribution < -0.4 is 0 Å². The van der Waals surface area contributed by atoms with Crippen LogP contribution in [0.5, 0.6) is 0 Å². The molecule has 0 aliphatic rings. The van der Waals surface area contributed by atoms with E-state index < -0.39 is 0 Å². The number of hydrogen-bond acceptors (Lipinski definition) is 2. The summed E-state index contributed by atoms with van der Waals surface area (Å²) < 4.78 is 9.59. The predicted molar refractivity (Wildman–Crippen MR) is 40.4 cm³/mol. The fourth-order valence-corrected chi connectivity index (χ4v) is 0.351. The van der Waals surface area contributed by atoms with Gasteiger partial charge in [-0.25, -0.2) is 0 Å². The van der Waals surface area contributed by atoms with E-state index in [2.05, 4.69) is 11.8 Å². The van der Waals surface area contributed by atoms with Crippen molar-refractivity contribution in [2.45, 2.75) is 6.92 Å². The van der Waals surface area contributed by atoms with Crippen molar-refractivity contribution in [3.63, 3.8) is 0 Å². The van der Waals surface area contributed by atoms with Crippen LogP contribution in [-0.2, 0) is 9.47 Å². The van der Waals surface area contributed by atoms with Crippen LogP contribution in [0.3, 0.4) is 0 Å². The van der Waals surface area contributed by atoms with Gasteiger partial charge in [0.05, 0.1) is 12.9 Å². The zero-order valence-corrected chi connectivity index (χ0v) is 6.39. The lowest BCUT2D eigenvalue weighted by molar-refractivity contribution is 0.240. The summed E-state index contributed by atoms with van der Waals surface area (Å²) in [4.78, 5) is 0. The van der Waals surface area contributed by atoms with E-state index in [1.54, 1.807) is 19.4 Å². The zero-order valence-electron chi connectivity index (χ0n) is 6.39. The Morgan fingerprint density at radius 1 is 1.50 bits per heavy atom. The van der Waals surface area contributed by atoms with Crippen molar-refractivity contribution in [2.24, 2.45) is 0 Å². The topological polar surface area (TPSA) is 18.5 Å². The number of methoxy groups -OCH3 is 1. The van der Waals surface area contributed by atoms with Crippen LogP contribution in [0, 0.1) is 11.8 Å². The average molecular weight is 140 g/mol. The summed E-state index contributed by atoms with van der Waals surface area (Å²) in [7, 11) is 1.61. The van der Waals surface area contributed by atoms with Gasteiger partial charge >= 0.3 is 0 Å². The lowest BCUT2D eigenvalue weighted by Crippen LogP contribution is -1.80. The quantitative estimate of drug-likeness (QED) is 0.433. The molecule has 0 N–H and O–H groups in total. The Bertz CT molecular complexity index is 139. The van der Waals surface area contributed by atoms with E-state index >= 15 is 0 Å². The average Bonchev–Trinajstić information content (AvgIpc) is 1.97. The fourth-order valence-electron chi connectivity index (χ4n) is 0.351. The summed E-state index contributed by atoms with van der Waals surface area (Å²) in [5.74, 6) is 5.50. The molecule has 0 unspecified atom stereocenters. The van der Waals surface area contributed by atoms with Crippen molar-refractivity contribution in [3.8, 4) is 11.8 Å². The second-order valence-electron chi connectivity index (χ2n) is 1.51. The maximum absolute atomic E-state index is 4.89. The van der Waals surface area contributed by atoms with E-state index in [0.29, 0.717) is 13.2 Å². The smallest absolute Gasteiger partial charge is 0.107 e. The largest absolute Gasteiger partial charge is 0.501 e. The maximum Gasteiger partial charge on any atom is 0.107 e. The zero-order chi connectivity index (χ0) is 7.66. The molecule has 0 aliphatic heterocycles. The van der Waals surface area contributed by atoms with Gasteiger partial charge in [0.25, 0.3) is 0 Å². The van der Waals surface area contributed by atoms with Crippen molar-refractivity contribution in [3.05, 3.63) is 12.3 Å². The molecule has 0 bridgehead atoms. The molecule has 0 heterocycles. The van der Waals surface area contributed by atoms with Crippen molar-refractivity contribution in [1.29, 1.82) is 0 Å². The molecule has 0 fully saturated rings. The first-order valence-electron chi connectivity index (χ1n) is 3.15. The Balaban J connectivity index is 3.25. The molecule has 0 aliphatic carbocycles. The van der Waals surface area contributed by atoms with Crippen LogP contribution >= 0.6 is 0 Å². The van der Waals surface area contributed by atoms with Gasteiger partial charge in [0.2, 0.25) is 0 Å². The van der Waals surface area contributed by atoms with Crippen molar-refractivity contribution >= 4 is 0 Å². The molecule has 0 aromatic carbocycles. The number of hydrogen-bond donors (Lipinski definition) is 0. The highest BCUT2D eigenvalue weighted by atomic mass is 16.5. The van der Waals surface area contributed by atoms with E-state index in [-0.39, 0.29) is 0 Å². The first-order valence-corrected chi connectivity index (χ1v) is 3.15. The molecule has 0 saturated carbocycles. The van der Waals surface area contributed by atoms with Gasteiger partial charge in [-0.2, -0.15) is 0 Å². The van der Waals surface area contributed by atoms with Crippen molar-refractivity contribution in [1.82, 2.24) is 0 Å². The van der Waals surface area contributed by atoms with Crippen LogP contribution in [0.4, 0.5) is 0 Å². The number of ether oxygens (including phenoxy) is 2. The highest BCUT2D eigenvalue weighted by Gasteiger charge is 1.66. The van der Waals surface area contributed by atoms with E-state index in [9.17, 15) is 0 Å². The van der Waals surface area contributed by atoms with E-state index in [1.165, 1.54) is 0 Å². The molecule has 56 valence electrons. The molecule has 0 aromatic heterocycles. The Hall–Kier alpha value is -0.940. The second kappa shape index (κ2) is 8.06. The highest BCUT2D eigenvalue weighted by molar-refractivity contribution is 5.13. The third kappa shape index (κ3) is 7.06. The SMILES string of the molecule is CCO/C=C/C#CCOC. The van der Waals surface area contributed by atoms with Crippen molar-refractivity contribution < 1.29 is 9.47 Å². The fraction of sp³-hybridized carbons (Fsp3) is 0.500. The predicted octanol–water partition coefficient (Wildman–Crippen LogP) is 1.19. The molecule has 0 atom stereocenters. The normalized spacial score (nSPS) is 9.00. The highest BCUT2D eigenvalue weighted by Crippen LogP contribution is 1.73. The summed E-state index contributed by atoms with van der Waals surface area (Å²) in [5, 5.41) is 0. The molecule has 0 spiro atoms. The third-order valence-electron chi connectivity index (χ3n) is 0.733. The Morgan fingerprint density at radius 3 is 2.90 bits per heavy atom. The molecule has 2 nitrogen and oxygen atoms in total. The standard InChI is InChI=1S/C8H12O2/c1-3-10-8-6-4-5-7-9-2/h6,8H,3,7H2,1-2H3/b8-6+. The monoisotopic (exact) mass is 140 g/mol. The maximum atomic E-state index is 4.89. The molecule has 0 rings (SSSR count). The molecular formula is C8H12O2. The van der Waals surface area contributed by atoms with Crippen LogP contribution in [0.1, 0.15) is 6.92 Å². The summed E-state index contributed by atoms with van der Waals surface area (Å²) in [6.07, 6.45) is 3.23. The van der Waals surface area contributed by atoms with E-state index in [1.807, 2.05) is 6.92 Å². The Labute approximate surface area is 61.8 Å². The summed E-state index contributed by atoms with van der Waals surface area (Å²) in [6.45, 7) is 3.08. The van der Waals surface area contributed by atoms with E-state index in [0.717, 1.165) is 0 Å². The molecule has 0 saturated heterocycles. The first kappa shape index (κ1) is 9.06. The van der Waals surface area contributed by atoms with Crippen LogP contribution in [0.2, 0.25) is 0 Å². The summed E-state index contributed by atoms with van der Waals surface area (Å²) in [6, 6.07) is 0. The molecule has 2 heteroatoms. The molecule has 0 aromatic rings. The molecule has 0 radical (unpaired) electrons. The van der Waals surface area contributed by atoms with Gasteiger partial charge in [0, 0.05) is 13.2 Å². The molecular weight excluding hydrogens is 128 g/mol. The lowest BCUT2D eigenvalue weighted by Gasteiger charge is -1.87. The Kier molecular flexibility index (Phi) is 7.30. The molecule has 10 heavy (non-hydrogen) atoms.